The molecule has 1 N–H and O–H groups in total. The molecule has 5 heteroatoms. The van der Waals surface area contributed by atoms with Crippen LogP contribution in [0.1, 0.15) is 36.6 Å². The molecule has 2 rings (SSSR count). The Labute approximate surface area is 108 Å². The number of benzene rings is 1. The van der Waals surface area contributed by atoms with E-state index in [1.54, 1.807) is 12.1 Å². The minimum atomic E-state index is -4.55. The van der Waals surface area contributed by atoms with Gasteiger partial charge in [-0.3, -0.25) is 4.79 Å². The lowest BCUT2D eigenvalue weighted by Gasteiger charge is -2.12. The van der Waals surface area contributed by atoms with Crippen LogP contribution in [-0.2, 0) is 6.18 Å². The Morgan fingerprint density at radius 2 is 1.84 bits per heavy atom. The first-order valence-corrected chi connectivity index (χ1v) is 5.95. The number of aromatic nitrogens is 1. The van der Waals surface area contributed by atoms with Crippen molar-refractivity contribution < 1.29 is 13.2 Å². The zero-order chi connectivity index (χ0) is 14.4. The maximum Gasteiger partial charge on any atom is 0.431 e. The minimum absolute atomic E-state index is 0.214. The molecule has 0 saturated heterocycles. The van der Waals surface area contributed by atoms with Crippen molar-refractivity contribution in [1.82, 2.24) is 4.98 Å². The third-order valence-electron chi connectivity index (χ3n) is 3.21. The molecule has 0 amide bonds. The fourth-order valence-electron chi connectivity index (χ4n) is 2.05. The summed E-state index contributed by atoms with van der Waals surface area (Å²) in [5.41, 5.74) is -0.684. The van der Waals surface area contributed by atoms with E-state index in [1.807, 2.05) is 13.8 Å². The van der Waals surface area contributed by atoms with Crippen LogP contribution >= 0.6 is 0 Å². The molecule has 0 aliphatic carbocycles. The van der Waals surface area contributed by atoms with Gasteiger partial charge in [-0.25, -0.2) is 0 Å². The largest absolute Gasteiger partial charge is 0.431 e. The summed E-state index contributed by atoms with van der Waals surface area (Å²) in [6.45, 7) is 5.13. The van der Waals surface area contributed by atoms with Gasteiger partial charge in [0.2, 0.25) is 0 Å². The number of hydrogen-bond donors (Lipinski definition) is 1. The Kier molecular flexibility index (Phi) is 3.16. The Morgan fingerprint density at radius 3 is 2.37 bits per heavy atom. The van der Waals surface area contributed by atoms with E-state index in [9.17, 15) is 18.0 Å². The summed E-state index contributed by atoms with van der Waals surface area (Å²) in [5, 5.41) is 0.303. The van der Waals surface area contributed by atoms with Crippen molar-refractivity contribution in [3.63, 3.8) is 0 Å². The highest BCUT2D eigenvalue weighted by molar-refractivity contribution is 5.80. The number of halogens is 3. The molecular formula is C14H14F3NO. The van der Waals surface area contributed by atoms with Gasteiger partial charge in [0.25, 0.3) is 0 Å². The number of hydrogen-bond acceptors (Lipinski definition) is 1. The third-order valence-corrected chi connectivity index (χ3v) is 3.21. The third kappa shape index (κ3) is 2.37. The number of H-pyrrole nitrogens is 1. The summed E-state index contributed by atoms with van der Waals surface area (Å²) >= 11 is 0. The van der Waals surface area contributed by atoms with E-state index in [0.717, 1.165) is 5.56 Å². The molecular weight excluding hydrogens is 255 g/mol. The normalized spacial score (nSPS) is 12.4. The molecule has 0 atom stereocenters. The van der Waals surface area contributed by atoms with E-state index in [-0.39, 0.29) is 17.0 Å². The van der Waals surface area contributed by atoms with Crippen LogP contribution in [0, 0.1) is 6.92 Å². The van der Waals surface area contributed by atoms with Crippen molar-refractivity contribution in [2.24, 2.45) is 0 Å². The lowest BCUT2D eigenvalue weighted by Crippen LogP contribution is -2.19. The molecule has 0 saturated carbocycles. The van der Waals surface area contributed by atoms with E-state index in [0.29, 0.717) is 5.39 Å². The maximum absolute atomic E-state index is 12.8. The summed E-state index contributed by atoms with van der Waals surface area (Å²) in [6, 6.07) is 4.92. The molecule has 2 aromatic rings. The van der Waals surface area contributed by atoms with E-state index in [2.05, 4.69) is 4.98 Å². The average Bonchev–Trinajstić information content (AvgIpc) is 2.31. The molecule has 2 nitrogen and oxygen atoms in total. The lowest BCUT2D eigenvalue weighted by molar-refractivity contribution is -0.141. The quantitative estimate of drug-likeness (QED) is 0.834. The number of alkyl halides is 3. The molecule has 0 fully saturated rings. The van der Waals surface area contributed by atoms with E-state index in [4.69, 9.17) is 0 Å². The van der Waals surface area contributed by atoms with Crippen molar-refractivity contribution in [1.29, 1.82) is 0 Å². The molecule has 0 aliphatic heterocycles. The van der Waals surface area contributed by atoms with Crippen molar-refractivity contribution in [2.75, 3.05) is 0 Å². The van der Waals surface area contributed by atoms with Crippen molar-refractivity contribution in [3.05, 3.63) is 45.2 Å². The first-order valence-electron chi connectivity index (χ1n) is 5.95. The highest BCUT2D eigenvalue weighted by atomic mass is 19.4. The second-order valence-corrected chi connectivity index (χ2v) is 4.91. The van der Waals surface area contributed by atoms with Gasteiger partial charge < -0.3 is 4.98 Å². The molecule has 102 valence electrons. The van der Waals surface area contributed by atoms with Gasteiger partial charge in [-0.05, 0) is 30.5 Å². The Bertz CT molecular complexity index is 683. The summed E-state index contributed by atoms with van der Waals surface area (Å²) < 4.78 is 38.4. The standard InChI is InChI=1S/C14H14F3NO/c1-7(2)9-4-5-11-10(6-9)12(19)8(3)13(18-11)14(15,16)17/h4-7H,1-3H3,(H,18,19). The van der Waals surface area contributed by atoms with Gasteiger partial charge >= 0.3 is 6.18 Å². The van der Waals surface area contributed by atoms with Crippen LogP contribution in [-0.4, -0.2) is 4.98 Å². The van der Waals surface area contributed by atoms with Crippen LogP contribution in [0.4, 0.5) is 13.2 Å². The van der Waals surface area contributed by atoms with Gasteiger partial charge in [0.15, 0.2) is 5.43 Å². The van der Waals surface area contributed by atoms with E-state index in [1.165, 1.54) is 13.0 Å². The Balaban J connectivity index is 2.81. The number of pyridine rings is 1. The van der Waals surface area contributed by atoms with Gasteiger partial charge in [-0.2, -0.15) is 13.2 Å². The minimum Gasteiger partial charge on any atom is -0.351 e. The number of nitrogens with one attached hydrogen (secondary N) is 1. The van der Waals surface area contributed by atoms with Crippen LogP contribution < -0.4 is 5.43 Å². The molecule has 1 heterocycles. The van der Waals surface area contributed by atoms with Gasteiger partial charge in [-0.15, -0.1) is 0 Å². The summed E-state index contributed by atoms with van der Waals surface area (Å²) in [6.07, 6.45) is -4.55. The number of rotatable bonds is 1. The Hall–Kier alpha value is -1.78. The van der Waals surface area contributed by atoms with Crippen molar-refractivity contribution >= 4 is 10.9 Å². The second-order valence-electron chi connectivity index (χ2n) is 4.91. The number of fused-ring (bicyclic) bond motifs is 1. The summed E-state index contributed by atoms with van der Waals surface area (Å²) in [7, 11) is 0. The van der Waals surface area contributed by atoms with Gasteiger partial charge in [-0.1, -0.05) is 19.9 Å². The predicted octanol–water partition coefficient (Wildman–Crippen LogP) is 3.98. The van der Waals surface area contributed by atoms with E-state index >= 15 is 0 Å². The predicted molar refractivity (Wildman–Crippen MR) is 68.4 cm³/mol. The van der Waals surface area contributed by atoms with Crippen LogP contribution in [0.25, 0.3) is 10.9 Å². The number of aromatic amines is 1. The van der Waals surface area contributed by atoms with Gasteiger partial charge in [0, 0.05) is 16.5 Å². The summed E-state index contributed by atoms with van der Waals surface area (Å²) in [5.74, 6) is 0.214. The van der Waals surface area contributed by atoms with Crippen molar-refractivity contribution in [2.45, 2.75) is 32.9 Å². The van der Waals surface area contributed by atoms with Crippen LogP contribution in [0.5, 0.6) is 0 Å². The molecule has 1 aromatic carbocycles. The van der Waals surface area contributed by atoms with Gasteiger partial charge in [0.1, 0.15) is 5.69 Å². The average molecular weight is 269 g/mol. The molecule has 0 unspecified atom stereocenters. The SMILES string of the molecule is Cc1c(C(F)(F)F)[nH]c2ccc(C(C)C)cc2c1=O. The fourth-order valence-corrected chi connectivity index (χ4v) is 2.05. The molecule has 0 spiro atoms. The topological polar surface area (TPSA) is 32.9 Å². The fraction of sp³-hybridized carbons (Fsp3) is 0.357. The zero-order valence-electron chi connectivity index (χ0n) is 10.9. The smallest absolute Gasteiger partial charge is 0.351 e. The monoisotopic (exact) mass is 269 g/mol. The maximum atomic E-state index is 12.8. The molecule has 0 radical (unpaired) electrons. The highest BCUT2D eigenvalue weighted by Crippen LogP contribution is 2.30. The zero-order valence-corrected chi connectivity index (χ0v) is 10.9. The van der Waals surface area contributed by atoms with E-state index < -0.39 is 17.3 Å². The molecule has 19 heavy (non-hydrogen) atoms. The molecule has 0 aliphatic rings. The first kappa shape index (κ1) is 13.6. The van der Waals surface area contributed by atoms with Gasteiger partial charge in [0.05, 0.1) is 0 Å². The molecule has 1 aromatic heterocycles. The Morgan fingerprint density at radius 1 is 1.21 bits per heavy atom. The van der Waals surface area contributed by atoms with Crippen molar-refractivity contribution in [3.8, 4) is 0 Å². The highest BCUT2D eigenvalue weighted by Gasteiger charge is 2.34. The summed E-state index contributed by atoms with van der Waals surface area (Å²) in [4.78, 5) is 14.4. The molecule has 0 bridgehead atoms. The second kappa shape index (κ2) is 4.40. The lowest BCUT2D eigenvalue weighted by atomic mass is 10.00. The van der Waals surface area contributed by atoms with Crippen LogP contribution in [0.3, 0.4) is 0 Å². The first-order chi connectivity index (χ1) is 8.71. The van der Waals surface area contributed by atoms with Crippen LogP contribution in [0.15, 0.2) is 23.0 Å². The van der Waals surface area contributed by atoms with Crippen LogP contribution in [0.2, 0.25) is 0 Å².